The third-order valence-electron chi connectivity index (χ3n) is 3.29. The molecule has 2 aromatic rings. The highest BCUT2D eigenvalue weighted by Gasteiger charge is 2.30. The molecular weight excluding hydrogens is 279 g/mol. The lowest BCUT2D eigenvalue weighted by molar-refractivity contribution is -0.137. The fourth-order valence-electron chi connectivity index (χ4n) is 2.18. The first-order valence-corrected chi connectivity index (χ1v) is 6.54. The Morgan fingerprint density at radius 1 is 1.00 bits per heavy atom. The van der Waals surface area contributed by atoms with Crippen LogP contribution in [-0.2, 0) is 12.6 Å². The van der Waals surface area contributed by atoms with Crippen molar-refractivity contribution in [1.82, 2.24) is 9.97 Å². The maximum Gasteiger partial charge on any atom is 0.416 e. The SMILES string of the molecule is Cc1nc(-c2ccc(C(F)(F)F)cc2)nc(C)c1CCN. The highest BCUT2D eigenvalue weighted by Crippen LogP contribution is 2.30. The fraction of sp³-hybridized carbons (Fsp3) is 0.333. The van der Waals surface area contributed by atoms with Crippen molar-refractivity contribution in [2.75, 3.05) is 6.54 Å². The number of benzene rings is 1. The molecule has 21 heavy (non-hydrogen) atoms. The van der Waals surface area contributed by atoms with Gasteiger partial charge in [0.15, 0.2) is 5.82 Å². The minimum absolute atomic E-state index is 0.430. The first-order valence-electron chi connectivity index (χ1n) is 6.54. The van der Waals surface area contributed by atoms with Crippen LogP contribution in [0.15, 0.2) is 24.3 Å². The van der Waals surface area contributed by atoms with Crippen LogP contribution in [0.1, 0.15) is 22.5 Å². The molecule has 6 heteroatoms. The van der Waals surface area contributed by atoms with Crippen LogP contribution < -0.4 is 5.73 Å². The van der Waals surface area contributed by atoms with Gasteiger partial charge in [-0.1, -0.05) is 12.1 Å². The molecule has 1 heterocycles. The lowest BCUT2D eigenvalue weighted by Gasteiger charge is -2.11. The van der Waals surface area contributed by atoms with Gasteiger partial charge in [-0.2, -0.15) is 13.2 Å². The van der Waals surface area contributed by atoms with Crippen molar-refractivity contribution in [3.63, 3.8) is 0 Å². The number of hydrogen-bond acceptors (Lipinski definition) is 3. The van der Waals surface area contributed by atoms with Gasteiger partial charge in [-0.05, 0) is 44.5 Å². The minimum atomic E-state index is -4.34. The van der Waals surface area contributed by atoms with Gasteiger partial charge in [0.2, 0.25) is 0 Å². The van der Waals surface area contributed by atoms with Crippen molar-refractivity contribution in [3.05, 3.63) is 46.8 Å². The van der Waals surface area contributed by atoms with Crippen LogP contribution in [-0.4, -0.2) is 16.5 Å². The second-order valence-corrected chi connectivity index (χ2v) is 4.81. The van der Waals surface area contributed by atoms with Crippen molar-refractivity contribution < 1.29 is 13.2 Å². The van der Waals surface area contributed by atoms with Crippen molar-refractivity contribution >= 4 is 0 Å². The zero-order valence-corrected chi connectivity index (χ0v) is 11.8. The second kappa shape index (κ2) is 5.81. The molecule has 0 aliphatic carbocycles. The van der Waals surface area contributed by atoms with E-state index in [2.05, 4.69) is 9.97 Å². The van der Waals surface area contributed by atoms with E-state index in [9.17, 15) is 13.2 Å². The Balaban J connectivity index is 2.39. The van der Waals surface area contributed by atoms with Crippen LogP contribution in [0.4, 0.5) is 13.2 Å². The molecule has 0 unspecified atom stereocenters. The average Bonchev–Trinajstić information content (AvgIpc) is 2.42. The summed E-state index contributed by atoms with van der Waals surface area (Å²) in [6.45, 7) is 4.21. The molecule has 0 fully saturated rings. The van der Waals surface area contributed by atoms with Crippen molar-refractivity contribution in [2.24, 2.45) is 5.73 Å². The van der Waals surface area contributed by atoms with Crippen LogP contribution in [0, 0.1) is 13.8 Å². The van der Waals surface area contributed by atoms with E-state index in [1.165, 1.54) is 12.1 Å². The van der Waals surface area contributed by atoms with Crippen LogP contribution >= 0.6 is 0 Å². The summed E-state index contributed by atoms with van der Waals surface area (Å²) in [4.78, 5) is 8.73. The average molecular weight is 295 g/mol. The monoisotopic (exact) mass is 295 g/mol. The number of hydrogen-bond donors (Lipinski definition) is 1. The van der Waals surface area contributed by atoms with Crippen molar-refractivity contribution in [3.8, 4) is 11.4 Å². The van der Waals surface area contributed by atoms with Crippen molar-refractivity contribution in [2.45, 2.75) is 26.4 Å². The number of halogens is 3. The van der Waals surface area contributed by atoms with Gasteiger partial charge in [0.1, 0.15) is 0 Å². The largest absolute Gasteiger partial charge is 0.416 e. The summed E-state index contributed by atoms with van der Waals surface area (Å²) in [6.07, 6.45) is -3.65. The highest BCUT2D eigenvalue weighted by atomic mass is 19.4. The first kappa shape index (κ1) is 15.4. The molecule has 2 N–H and O–H groups in total. The maximum absolute atomic E-state index is 12.5. The summed E-state index contributed by atoms with van der Waals surface area (Å²) < 4.78 is 37.6. The van der Waals surface area contributed by atoms with Gasteiger partial charge in [-0.15, -0.1) is 0 Å². The third kappa shape index (κ3) is 3.39. The molecule has 0 radical (unpaired) electrons. The lowest BCUT2D eigenvalue weighted by atomic mass is 10.1. The molecule has 0 saturated heterocycles. The number of rotatable bonds is 3. The standard InChI is InChI=1S/C15H16F3N3/c1-9-13(7-8-19)10(2)21-14(20-9)11-3-5-12(6-4-11)15(16,17)18/h3-6H,7-8,19H2,1-2H3. The fourth-order valence-corrected chi connectivity index (χ4v) is 2.18. The predicted molar refractivity (Wildman–Crippen MR) is 74.7 cm³/mol. The van der Waals surface area contributed by atoms with Crippen LogP contribution in [0.2, 0.25) is 0 Å². The van der Waals surface area contributed by atoms with Gasteiger partial charge < -0.3 is 5.73 Å². The molecule has 1 aromatic carbocycles. The Morgan fingerprint density at radius 3 is 1.95 bits per heavy atom. The molecule has 0 spiro atoms. The minimum Gasteiger partial charge on any atom is -0.330 e. The Labute approximate surface area is 121 Å². The van der Waals surface area contributed by atoms with Gasteiger partial charge in [0, 0.05) is 17.0 Å². The molecule has 0 aliphatic heterocycles. The summed E-state index contributed by atoms with van der Waals surface area (Å²) in [7, 11) is 0. The molecule has 1 aromatic heterocycles. The summed E-state index contributed by atoms with van der Waals surface area (Å²) >= 11 is 0. The van der Waals surface area contributed by atoms with Crippen LogP contribution in [0.5, 0.6) is 0 Å². The molecule has 0 aliphatic rings. The van der Waals surface area contributed by atoms with E-state index in [4.69, 9.17) is 5.73 Å². The smallest absolute Gasteiger partial charge is 0.330 e. The predicted octanol–water partition coefficient (Wildman–Crippen LogP) is 3.28. The maximum atomic E-state index is 12.5. The highest BCUT2D eigenvalue weighted by molar-refractivity contribution is 5.56. The van der Waals surface area contributed by atoms with Gasteiger partial charge >= 0.3 is 6.18 Å². The zero-order valence-electron chi connectivity index (χ0n) is 11.8. The Kier molecular flexibility index (Phi) is 4.27. The van der Waals surface area contributed by atoms with E-state index in [0.29, 0.717) is 24.4 Å². The number of alkyl halides is 3. The normalized spacial score (nSPS) is 11.7. The molecule has 0 bridgehead atoms. The number of nitrogens with zero attached hydrogens (tertiary/aromatic N) is 2. The van der Waals surface area contributed by atoms with Crippen LogP contribution in [0.3, 0.4) is 0 Å². The van der Waals surface area contributed by atoms with E-state index in [1.54, 1.807) is 0 Å². The van der Waals surface area contributed by atoms with Gasteiger partial charge in [0.05, 0.1) is 5.56 Å². The Hall–Kier alpha value is -1.95. The molecule has 0 amide bonds. The number of aryl methyl sites for hydroxylation is 2. The van der Waals surface area contributed by atoms with Gasteiger partial charge in [0.25, 0.3) is 0 Å². The van der Waals surface area contributed by atoms with E-state index in [0.717, 1.165) is 29.1 Å². The quantitative estimate of drug-likeness (QED) is 0.945. The molecule has 2 rings (SSSR count). The van der Waals surface area contributed by atoms with Gasteiger partial charge in [-0.25, -0.2) is 9.97 Å². The third-order valence-corrected chi connectivity index (χ3v) is 3.29. The molecule has 3 nitrogen and oxygen atoms in total. The first-order chi connectivity index (χ1) is 9.82. The summed E-state index contributed by atoms with van der Waals surface area (Å²) in [6, 6.07) is 4.85. The molecule has 0 saturated carbocycles. The summed E-state index contributed by atoms with van der Waals surface area (Å²) in [5.74, 6) is 0.430. The molecule has 0 atom stereocenters. The molecule has 112 valence electrons. The van der Waals surface area contributed by atoms with E-state index in [1.807, 2.05) is 13.8 Å². The van der Waals surface area contributed by atoms with Crippen molar-refractivity contribution in [1.29, 1.82) is 0 Å². The zero-order chi connectivity index (χ0) is 15.6. The second-order valence-electron chi connectivity index (χ2n) is 4.81. The summed E-state index contributed by atoms with van der Waals surface area (Å²) in [5.41, 5.74) is 8.04. The number of aromatic nitrogens is 2. The summed E-state index contributed by atoms with van der Waals surface area (Å²) in [5, 5.41) is 0. The Morgan fingerprint density at radius 2 is 1.52 bits per heavy atom. The van der Waals surface area contributed by atoms with Gasteiger partial charge in [-0.3, -0.25) is 0 Å². The topological polar surface area (TPSA) is 51.8 Å². The van der Waals surface area contributed by atoms with E-state index in [-0.39, 0.29) is 0 Å². The van der Waals surface area contributed by atoms with E-state index >= 15 is 0 Å². The Bertz CT molecular complexity index is 611. The number of nitrogens with two attached hydrogens (primary N) is 1. The molecular formula is C15H16F3N3. The lowest BCUT2D eigenvalue weighted by Crippen LogP contribution is -2.09. The van der Waals surface area contributed by atoms with E-state index < -0.39 is 11.7 Å². The van der Waals surface area contributed by atoms with Crippen LogP contribution in [0.25, 0.3) is 11.4 Å².